The van der Waals surface area contributed by atoms with Gasteiger partial charge >= 0.3 is 5.97 Å². The Morgan fingerprint density at radius 1 is 0.932 bits per heavy atom. The van der Waals surface area contributed by atoms with E-state index in [9.17, 15) is 9.59 Å². The lowest BCUT2D eigenvalue weighted by atomic mass is 9.95. The normalized spacial score (nSPS) is 14.6. The topological polar surface area (TPSA) is 88.4 Å². The second kappa shape index (κ2) is 14.0. The Hall–Kier alpha value is -4.34. The summed E-state index contributed by atoms with van der Waals surface area (Å²) < 4.78 is 25.3. The highest BCUT2D eigenvalue weighted by Crippen LogP contribution is 2.36. The molecule has 0 fully saturated rings. The van der Waals surface area contributed by atoms with Crippen molar-refractivity contribution >= 4 is 35.0 Å². The van der Waals surface area contributed by atoms with Gasteiger partial charge in [-0.05, 0) is 63.6 Å². The molecule has 0 N–H and O–H groups in total. The molecule has 1 atom stereocenters. The maximum absolute atomic E-state index is 14.1. The van der Waals surface area contributed by atoms with Gasteiger partial charge in [0.05, 0.1) is 35.6 Å². The van der Waals surface area contributed by atoms with Crippen molar-refractivity contribution in [1.29, 1.82) is 0 Å². The fraction of sp³-hybridized carbons (Fsp3) is 0.265. The minimum Gasteiger partial charge on any atom is -0.494 e. The van der Waals surface area contributed by atoms with E-state index in [1.54, 1.807) is 24.5 Å². The van der Waals surface area contributed by atoms with Crippen molar-refractivity contribution in [3.05, 3.63) is 119 Å². The molecule has 8 nitrogen and oxygen atoms in total. The van der Waals surface area contributed by atoms with Gasteiger partial charge in [-0.1, -0.05) is 65.4 Å². The highest BCUT2D eigenvalue weighted by molar-refractivity contribution is 7.07. The van der Waals surface area contributed by atoms with E-state index in [2.05, 4.69) is 4.99 Å². The Balaban J connectivity index is 1.58. The maximum atomic E-state index is 14.1. The minimum absolute atomic E-state index is 0.195. The van der Waals surface area contributed by atoms with Crippen LogP contribution in [0, 0.1) is 0 Å². The SMILES string of the molecule is CCOC(=O)C1=C(C)N=c2s/c(=C\c3ccc(OCc4ccccc4Cl)c(OCC)c3)c(=O)n2[C@H]1c1ccccc1OCC. The Kier molecular flexibility index (Phi) is 9.87. The van der Waals surface area contributed by atoms with Crippen LogP contribution in [0.3, 0.4) is 0 Å². The summed E-state index contributed by atoms with van der Waals surface area (Å²) in [6, 6.07) is 19.7. The van der Waals surface area contributed by atoms with Crippen molar-refractivity contribution in [2.75, 3.05) is 19.8 Å². The van der Waals surface area contributed by atoms with Gasteiger partial charge in [0.15, 0.2) is 16.3 Å². The van der Waals surface area contributed by atoms with Gasteiger partial charge in [-0.3, -0.25) is 9.36 Å². The number of halogens is 1. The summed E-state index contributed by atoms with van der Waals surface area (Å²) in [5.41, 5.74) is 2.80. The number of ether oxygens (including phenoxy) is 4. The molecule has 4 aromatic rings. The van der Waals surface area contributed by atoms with E-state index < -0.39 is 12.0 Å². The average Bonchev–Trinajstić information content (AvgIpc) is 3.31. The number of allylic oxidation sites excluding steroid dienone is 1. The number of rotatable bonds is 11. The second-order valence-electron chi connectivity index (χ2n) is 9.79. The molecular formula is C34H33ClN2O6S. The summed E-state index contributed by atoms with van der Waals surface area (Å²) in [6.45, 7) is 8.62. The number of thiazole rings is 1. The van der Waals surface area contributed by atoms with E-state index >= 15 is 0 Å². The lowest BCUT2D eigenvalue weighted by Crippen LogP contribution is -2.40. The van der Waals surface area contributed by atoms with Gasteiger partial charge in [0, 0.05) is 16.1 Å². The van der Waals surface area contributed by atoms with Crippen molar-refractivity contribution in [2.24, 2.45) is 4.99 Å². The molecule has 0 amide bonds. The van der Waals surface area contributed by atoms with Gasteiger partial charge in [-0.15, -0.1) is 0 Å². The van der Waals surface area contributed by atoms with Crippen LogP contribution in [0.1, 0.15) is 50.4 Å². The molecule has 1 aromatic heterocycles. The van der Waals surface area contributed by atoms with Crippen LogP contribution in [0.5, 0.6) is 17.2 Å². The van der Waals surface area contributed by atoms with E-state index in [1.807, 2.05) is 80.6 Å². The number of carbonyl (C=O) groups excluding carboxylic acids is 1. The number of esters is 1. The lowest BCUT2D eigenvalue weighted by Gasteiger charge is -2.26. The van der Waals surface area contributed by atoms with E-state index in [4.69, 9.17) is 30.5 Å². The third-order valence-electron chi connectivity index (χ3n) is 6.94. The summed E-state index contributed by atoms with van der Waals surface area (Å²) >= 11 is 7.55. The van der Waals surface area contributed by atoms with Crippen LogP contribution in [0.15, 0.2) is 87.8 Å². The smallest absolute Gasteiger partial charge is 0.338 e. The number of benzene rings is 3. The van der Waals surface area contributed by atoms with Gasteiger partial charge in [0.25, 0.3) is 5.56 Å². The lowest BCUT2D eigenvalue weighted by molar-refractivity contribution is -0.139. The monoisotopic (exact) mass is 632 g/mol. The molecule has 0 spiro atoms. The number of fused-ring (bicyclic) bond motifs is 1. The Labute approximate surface area is 264 Å². The fourth-order valence-electron chi connectivity index (χ4n) is 5.00. The van der Waals surface area contributed by atoms with E-state index in [1.165, 1.54) is 11.3 Å². The quantitative estimate of drug-likeness (QED) is 0.193. The molecule has 1 aliphatic heterocycles. The number of hydrogen-bond acceptors (Lipinski definition) is 8. The molecular weight excluding hydrogens is 600 g/mol. The molecule has 0 saturated heterocycles. The second-order valence-corrected chi connectivity index (χ2v) is 11.2. The van der Waals surface area contributed by atoms with Gasteiger partial charge in [-0.25, -0.2) is 9.79 Å². The van der Waals surface area contributed by atoms with E-state index in [-0.39, 0.29) is 18.8 Å². The summed E-state index contributed by atoms with van der Waals surface area (Å²) in [6.07, 6.45) is 1.79. The number of aromatic nitrogens is 1. The number of nitrogens with zero attached hydrogens (tertiary/aromatic N) is 2. The number of para-hydroxylation sites is 1. The molecule has 0 bridgehead atoms. The molecule has 1 aliphatic rings. The molecule has 10 heteroatoms. The summed E-state index contributed by atoms with van der Waals surface area (Å²) in [4.78, 5) is 32.5. The Morgan fingerprint density at radius 2 is 1.66 bits per heavy atom. The fourth-order valence-corrected chi connectivity index (χ4v) is 6.24. The molecule has 3 aromatic carbocycles. The summed E-state index contributed by atoms with van der Waals surface area (Å²) in [7, 11) is 0. The van der Waals surface area contributed by atoms with Crippen molar-refractivity contribution in [1.82, 2.24) is 4.57 Å². The molecule has 2 heterocycles. The zero-order chi connectivity index (χ0) is 31.2. The van der Waals surface area contributed by atoms with Crippen LogP contribution in [-0.2, 0) is 16.1 Å². The van der Waals surface area contributed by atoms with Crippen LogP contribution in [-0.4, -0.2) is 30.4 Å². The minimum atomic E-state index is -0.769. The van der Waals surface area contributed by atoms with Crippen LogP contribution >= 0.6 is 22.9 Å². The van der Waals surface area contributed by atoms with Crippen molar-refractivity contribution in [2.45, 2.75) is 40.3 Å². The average molecular weight is 633 g/mol. The predicted octanol–water partition coefficient (Wildman–Crippen LogP) is 5.83. The first-order chi connectivity index (χ1) is 21.4. The molecule has 228 valence electrons. The molecule has 5 rings (SSSR count). The van der Waals surface area contributed by atoms with Gasteiger partial charge in [0.2, 0.25) is 0 Å². The molecule has 0 unspecified atom stereocenters. The van der Waals surface area contributed by atoms with Crippen molar-refractivity contribution < 1.29 is 23.7 Å². The highest BCUT2D eigenvalue weighted by atomic mass is 35.5. The zero-order valence-corrected chi connectivity index (χ0v) is 26.5. The van der Waals surface area contributed by atoms with E-state index in [0.29, 0.717) is 61.7 Å². The van der Waals surface area contributed by atoms with Gasteiger partial charge in [0.1, 0.15) is 18.4 Å². The van der Waals surface area contributed by atoms with Crippen LogP contribution in [0.25, 0.3) is 6.08 Å². The van der Waals surface area contributed by atoms with Gasteiger partial charge in [-0.2, -0.15) is 0 Å². The first-order valence-corrected chi connectivity index (χ1v) is 15.6. The molecule has 0 aliphatic carbocycles. The predicted molar refractivity (Wildman–Crippen MR) is 171 cm³/mol. The summed E-state index contributed by atoms with van der Waals surface area (Å²) in [5.74, 6) is 1.17. The van der Waals surface area contributed by atoms with Gasteiger partial charge < -0.3 is 18.9 Å². The molecule has 44 heavy (non-hydrogen) atoms. The number of hydrogen-bond donors (Lipinski definition) is 0. The Bertz CT molecular complexity index is 1890. The standard InChI is InChI=1S/C34H33ClN2O6S/c1-5-40-26-15-11-9-13-24(26)31-30(33(39)42-7-3)21(4)36-34-37(31)32(38)29(44-34)19-22-16-17-27(28(18-22)41-6-2)43-20-23-12-8-10-14-25(23)35/h8-19,31H,5-7,20H2,1-4H3/b29-19-/t31-/m0/s1. The first-order valence-electron chi connectivity index (χ1n) is 14.4. The van der Waals surface area contributed by atoms with Crippen LogP contribution in [0.2, 0.25) is 5.02 Å². The zero-order valence-electron chi connectivity index (χ0n) is 25.0. The van der Waals surface area contributed by atoms with Crippen LogP contribution < -0.4 is 29.1 Å². The van der Waals surface area contributed by atoms with Crippen LogP contribution in [0.4, 0.5) is 0 Å². The first kappa shape index (κ1) is 31.1. The maximum Gasteiger partial charge on any atom is 0.338 e. The van der Waals surface area contributed by atoms with Crippen molar-refractivity contribution in [3.63, 3.8) is 0 Å². The highest BCUT2D eigenvalue weighted by Gasteiger charge is 2.35. The number of carbonyl (C=O) groups is 1. The van der Waals surface area contributed by atoms with Crippen molar-refractivity contribution in [3.8, 4) is 17.2 Å². The van der Waals surface area contributed by atoms with E-state index in [0.717, 1.165) is 11.1 Å². The third-order valence-corrected chi connectivity index (χ3v) is 8.29. The molecule has 0 radical (unpaired) electrons. The molecule has 0 saturated carbocycles. The third kappa shape index (κ3) is 6.44. The largest absolute Gasteiger partial charge is 0.494 e. The summed E-state index contributed by atoms with van der Waals surface area (Å²) in [5, 5.41) is 0.626. The Morgan fingerprint density at radius 3 is 2.41 bits per heavy atom.